The van der Waals surface area contributed by atoms with E-state index in [1.165, 1.54) is 12.8 Å². The van der Waals surface area contributed by atoms with Gasteiger partial charge in [0.2, 0.25) is 0 Å². The highest BCUT2D eigenvalue weighted by molar-refractivity contribution is 7.80. The third-order valence-electron chi connectivity index (χ3n) is 1.32. The van der Waals surface area contributed by atoms with Gasteiger partial charge in [-0.05, 0) is 19.3 Å². The first-order valence-electron chi connectivity index (χ1n) is 3.09. The summed E-state index contributed by atoms with van der Waals surface area (Å²) in [5.41, 5.74) is 0. The van der Waals surface area contributed by atoms with Gasteiger partial charge in [0.25, 0.3) is 0 Å². The molecule has 0 aromatic carbocycles. The van der Waals surface area contributed by atoms with Crippen molar-refractivity contribution in [2.75, 3.05) is 0 Å². The Bertz CT molecular complexity index is 90.5. The molecule has 0 N–H and O–H groups in total. The van der Waals surface area contributed by atoms with Crippen molar-refractivity contribution in [3.63, 3.8) is 0 Å². The van der Waals surface area contributed by atoms with Crippen molar-refractivity contribution in [3.8, 4) is 0 Å². The van der Waals surface area contributed by atoms with Crippen LogP contribution in [-0.4, -0.2) is 11.6 Å². The van der Waals surface area contributed by atoms with Crippen LogP contribution in [-0.2, 0) is 0 Å². The molecule has 1 aliphatic heterocycles. The van der Waals surface area contributed by atoms with Gasteiger partial charge < -0.3 is 0 Å². The van der Waals surface area contributed by atoms with E-state index in [0.717, 1.165) is 12.8 Å². The summed E-state index contributed by atoms with van der Waals surface area (Å²) >= 11 is 4.23. The predicted octanol–water partition coefficient (Wildman–Crippen LogP) is 1.89. The van der Waals surface area contributed by atoms with Crippen LogP contribution in [0.15, 0.2) is 4.99 Å². The zero-order valence-corrected chi connectivity index (χ0v) is 5.77. The van der Waals surface area contributed by atoms with E-state index in [2.05, 4.69) is 17.6 Å². The van der Waals surface area contributed by atoms with E-state index in [9.17, 15) is 0 Å². The Morgan fingerprint density at radius 2 is 2.38 bits per heavy atom. The molecule has 0 aromatic heterocycles. The van der Waals surface area contributed by atoms with E-state index in [1.807, 2.05) is 6.21 Å². The summed E-state index contributed by atoms with van der Waals surface area (Å²) in [4.78, 5) is 4.16. The highest BCUT2D eigenvalue weighted by Gasteiger charge is 2.00. The quantitative estimate of drug-likeness (QED) is 0.479. The van der Waals surface area contributed by atoms with Gasteiger partial charge in [-0.15, -0.1) is 0 Å². The number of nitrogens with zero attached hydrogens (tertiary/aromatic N) is 1. The second-order valence-electron chi connectivity index (χ2n) is 2.10. The van der Waals surface area contributed by atoms with E-state index < -0.39 is 0 Å². The molecule has 1 aliphatic rings. The minimum absolute atomic E-state index is 0.289. The molecule has 1 rings (SSSR count). The van der Waals surface area contributed by atoms with Gasteiger partial charge >= 0.3 is 0 Å². The average Bonchev–Trinajstić information content (AvgIpc) is 1.94. The van der Waals surface area contributed by atoms with Crippen LogP contribution >= 0.6 is 12.6 Å². The third-order valence-corrected chi connectivity index (χ3v) is 1.71. The van der Waals surface area contributed by atoms with E-state index in [1.54, 1.807) is 0 Å². The van der Waals surface area contributed by atoms with Gasteiger partial charge in [-0.3, -0.25) is 4.99 Å². The van der Waals surface area contributed by atoms with Gasteiger partial charge in [0, 0.05) is 6.21 Å². The Balaban J connectivity index is 2.33. The fourth-order valence-electron chi connectivity index (χ4n) is 0.833. The predicted molar refractivity (Wildman–Crippen MR) is 39.7 cm³/mol. The minimum atomic E-state index is 0.289. The van der Waals surface area contributed by atoms with E-state index >= 15 is 0 Å². The highest BCUT2D eigenvalue weighted by Crippen LogP contribution is 2.12. The van der Waals surface area contributed by atoms with Crippen molar-refractivity contribution in [1.82, 2.24) is 0 Å². The Morgan fingerprint density at radius 3 is 3.25 bits per heavy atom. The van der Waals surface area contributed by atoms with Crippen molar-refractivity contribution in [2.24, 2.45) is 4.99 Å². The Morgan fingerprint density at radius 1 is 1.50 bits per heavy atom. The van der Waals surface area contributed by atoms with Gasteiger partial charge in [0.1, 0.15) is 0 Å². The van der Waals surface area contributed by atoms with Crippen molar-refractivity contribution in [1.29, 1.82) is 0 Å². The molecular formula is C6H11NS. The molecule has 0 saturated heterocycles. The Kier molecular flexibility index (Phi) is 2.40. The molecule has 0 fully saturated rings. The molecule has 8 heavy (non-hydrogen) atoms. The molecular weight excluding hydrogens is 118 g/mol. The van der Waals surface area contributed by atoms with Crippen molar-refractivity contribution < 1.29 is 0 Å². The first-order chi connectivity index (χ1) is 3.89. The van der Waals surface area contributed by atoms with E-state index in [0.29, 0.717) is 0 Å². The smallest absolute Gasteiger partial charge is 0.0919 e. The second-order valence-corrected chi connectivity index (χ2v) is 2.69. The zero-order valence-electron chi connectivity index (χ0n) is 4.88. The van der Waals surface area contributed by atoms with Gasteiger partial charge in [-0.25, -0.2) is 0 Å². The minimum Gasteiger partial charge on any atom is -0.284 e. The number of rotatable bonds is 0. The normalized spacial score (nSPS) is 29.9. The molecule has 0 saturated carbocycles. The lowest BCUT2D eigenvalue weighted by atomic mass is 10.2. The first-order valence-corrected chi connectivity index (χ1v) is 3.61. The number of thiol groups is 1. The van der Waals surface area contributed by atoms with Crippen LogP contribution in [0.4, 0.5) is 0 Å². The molecule has 0 spiro atoms. The molecule has 0 aromatic rings. The van der Waals surface area contributed by atoms with Crippen LogP contribution in [0.1, 0.15) is 25.7 Å². The molecule has 1 nitrogen and oxygen atoms in total. The fourth-order valence-corrected chi connectivity index (χ4v) is 1.11. The van der Waals surface area contributed by atoms with Crippen molar-refractivity contribution in [2.45, 2.75) is 31.1 Å². The molecule has 1 heterocycles. The summed E-state index contributed by atoms with van der Waals surface area (Å²) in [5, 5.41) is 0.289. The van der Waals surface area contributed by atoms with Gasteiger partial charge in [-0.2, -0.15) is 12.6 Å². The molecule has 0 bridgehead atoms. The summed E-state index contributed by atoms with van der Waals surface area (Å²) < 4.78 is 0. The fraction of sp³-hybridized carbons (Fsp3) is 0.833. The number of aliphatic imine (C=N–C) groups is 1. The molecule has 0 radical (unpaired) electrons. The molecule has 46 valence electrons. The summed E-state index contributed by atoms with van der Waals surface area (Å²) in [5.74, 6) is 0. The van der Waals surface area contributed by atoms with Crippen LogP contribution in [0.25, 0.3) is 0 Å². The summed E-state index contributed by atoms with van der Waals surface area (Å²) in [6, 6.07) is 0. The van der Waals surface area contributed by atoms with Crippen LogP contribution in [0, 0.1) is 0 Å². The van der Waals surface area contributed by atoms with E-state index in [-0.39, 0.29) is 5.37 Å². The molecule has 1 unspecified atom stereocenters. The lowest BCUT2D eigenvalue weighted by Crippen LogP contribution is -1.89. The number of hydrogen-bond acceptors (Lipinski definition) is 2. The molecule has 0 aliphatic carbocycles. The van der Waals surface area contributed by atoms with Crippen LogP contribution < -0.4 is 0 Å². The standard InChI is InChI=1S/C6H11NS/c8-6-4-2-1-3-5-7-6/h5-6,8H,1-4H2. The summed E-state index contributed by atoms with van der Waals surface area (Å²) in [6.07, 6.45) is 6.87. The lowest BCUT2D eigenvalue weighted by molar-refractivity contribution is 0.710. The SMILES string of the molecule is SC1CCCCC=N1. The van der Waals surface area contributed by atoms with E-state index in [4.69, 9.17) is 0 Å². The van der Waals surface area contributed by atoms with Crippen molar-refractivity contribution in [3.05, 3.63) is 0 Å². The number of hydrogen-bond donors (Lipinski definition) is 1. The summed E-state index contributed by atoms with van der Waals surface area (Å²) in [6.45, 7) is 0. The largest absolute Gasteiger partial charge is 0.284 e. The van der Waals surface area contributed by atoms with Gasteiger partial charge in [-0.1, -0.05) is 6.42 Å². The molecule has 0 amide bonds. The second kappa shape index (κ2) is 3.13. The highest BCUT2D eigenvalue weighted by atomic mass is 32.1. The zero-order chi connectivity index (χ0) is 5.82. The van der Waals surface area contributed by atoms with Gasteiger partial charge in [0.15, 0.2) is 0 Å². The molecule has 1 atom stereocenters. The first kappa shape index (κ1) is 6.14. The summed E-state index contributed by atoms with van der Waals surface area (Å²) in [7, 11) is 0. The maximum atomic E-state index is 4.23. The Labute approximate surface area is 55.6 Å². The lowest BCUT2D eigenvalue weighted by Gasteiger charge is -1.97. The molecule has 2 heteroatoms. The topological polar surface area (TPSA) is 12.4 Å². The third kappa shape index (κ3) is 1.86. The van der Waals surface area contributed by atoms with Gasteiger partial charge in [0.05, 0.1) is 5.37 Å². The average molecular weight is 129 g/mol. The van der Waals surface area contributed by atoms with Crippen LogP contribution in [0.3, 0.4) is 0 Å². The van der Waals surface area contributed by atoms with Crippen LogP contribution in [0.2, 0.25) is 0 Å². The maximum Gasteiger partial charge on any atom is 0.0919 e. The van der Waals surface area contributed by atoms with Crippen molar-refractivity contribution >= 4 is 18.8 Å². The van der Waals surface area contributed by atoms with Crippen LogP contribution in [0.5, 0.6) is 0 Å². The maximum absolute atomic E-state index is 4.23. The Hall–Kier alpha value is 0.0200. The monoisotopic (exact) mass is 129 g/mol.